The number of rotatable bonds is 6. The number of hydrogen-bond acceptors (Lipinski definition) is 6. The Kier molecular flexibility index (Phi) is 5.86. The average molecular weight is 435 g/mol. The van der Waals surface area contributed by atoms with Crippen LogP contribution in [0.5, 0.6) is 5.75 Å². The zero-order valence-electron chi connectivity index (χ0n) is 17.2. The van der Waals surface area contributed by atoms with Crippen LogP contribution in [-0.4, -0.2) is 33.3 Å². The molecule has 1 amide bonds. The van der Waals surface area contributed by atoms with E-state index in [9.17, 15) is 14.7 Å². The monoisotopic (exact) mass is 434 g/mol. The largest absolute Gasteiger partial charge is 0.507 e. The van der Waals surface area contributed by atoms with E-state index in [1.165, 1.54) is 16.2 Å². The number of amides is 1. The van der Waals surface area contributed by atoms with Gasteiger partial charge in [0.05, 0.1) is 12.2 Å². The fourth-order valence-electron chi connectivity index (χ4n) is 3.72. The molecule has 3 aromatic rings. The quantitative estimate of drug-likeness (QED) is 0.352. The minimum atomic E-state index is -0.689. The molecule has 0 saturated carbocycles. The number of aliphatic hydroxyl groups is 1. The van der Waals surface area contributed by atoms with Gasteiger partial charge in [-0.2, -0.15) is 0 Å². The number of carbonyl (C=O) groups is 2. The van der Waals surface area contributed by atoms with E-state index in [2.05, 4.69) is 4.98 Å². The number of Topliss-reactive ketones (excluding diaryl/α,β-unsaturated/α-hetero) is 1. The van der Waals surface area contributed by atoms with E-state index in [4.69, 9.17) is 4.74 Å². The lowest BCUT2D eigenvalue weighted by Gasteiger charge is -2.25. The first-order valence-electron chi connectivity index (χ1n) is 9.95. The van der Waals surface area contributed by atoms with Crippen LogP contribution in [0.2, 0.25) is 0 Å². The number of aliphatic hydroxyl groups excluding tert-OH is 1. The second kappa shape index (κ2) is 8.73. The van der Waals surface area contributed by atoms with Crippen molar-refractivity contribution in [3.8, 4) is 5.75 Å². The minimum Gasteiger partial charge on any atom is -0.507 e. The zero-order valence-corrected chi connectivity index (χ0v) is 18.1. The number of aromatic nitrogens is 1. The summed E-state index contributed by atoms with van der Waals surface area (Å²) >= 11 is 1.46. The van der Waals surface area contributed by atoms with Gasteiger partial charge in [-0.15, -0.1) is 11.3 Å². The minimum absolute atomic E-state index is 0.0956. The van der Waals surface area contributed by atoms with E-state index >= 15 is 0 Å². The summed E-state index contributed by atoms with van der Waals surface area (Å²) in [6, 6.07) is 11.8. The smallest absolute Gasteiger partial charge is 0.295 e. The first-order chi connectivity index (χ1) is 15.0. The number of pyridine rings is 1. The molecule has 1 atom stereocenters. The summed E-state index contributed by atoms with van der Waals surface area (Å²) in [5.74, 6) is -0.931. The highest BCUT2D eigenvalue weighted by Crippen LogP contribution is 2.43. The summed E-state index contributed by atoms with van der Waals surface area (Å²) in [4.78, 5) is 32.5. The molecule has 158 valence electrons. The molecule has 0 aliphatic carbocycles. The summed E-state index contributed by atoms with van der Waals surface area (Å²) < 4.78 is 5.53. The number of likely N-dealkylation sites (tertiary alicyclic amines) is 1. The maximum atomic E-state index is 13.1. The summed E-state index contributed by atoms with van der Waals surface area (Å²) in [5.41, 5.74) is 2.35. The Morgan fingerprint density at radius 3 is 2.65 bits per heavy atom. The van der Waals surface area contributed by atoms with Crippen LogP contribution in [0, 0.1) is 6.92 Å². The summed E-state index contributed by atoms with van der Waals surface area (Å²) in [7, 11) is 0. The lowest BCUT2D eigenvalue weighted by molar-refractivity contribution is -0.140. The molecule has 2 aromatic heterocycles. The molecule has 4 rings (SSSR count). The van der Waals surface area contributed by atoms with Crippen LogP contribution in [-0.2, 0) is 16.1 Å². The van der Waals surface area contributed by atoms with E-state index in [1.54, 1.807) is 36.7 Å². The molecule has 0 bridgehead atoms. The Labute approximate surface area is 184 Å². The number of ketones is 1. The number of aryl methyl sites for hydroxylation is 1. The molecule has 1 N–H and O–H groups in total. The maximum absolute atomic E-state index is 13.1. The fraction of sp³-hybridized carbons (Fsp3) is 0.208. The normalized spacial score (nSPS) is 17.9. The standard InChI is InChI=1S/C24H22N2O4S/c1-3-30-18-6-4-5-17(13-18)21(27)19-20(23-15(2)9-12-31-23)26(24(29)22(19)28)14-16-7-10-25-11-8-16/h4-13,20,27H,3,14H2,1-2H3/b21-19-. The number of nitrogens with zero attached hydrogens (tertiary/aromatic N) is 2. The summed E-state index contributed by atoms with van der Waals surface area (Å²) in [6.07, 6.45) is 3.30. The average Bonchev–Trinajstić information content (AvgIpc) is 3.30. The predicted molar refractivity (Wildman–Crippen MR) is 119 cm³/mol. The van der Waals surface area contributed by atoms with Gasteiger partial charge in [0.25, 0.3) is 11.7 Å². The predicted octanol–water partition coefficient (Wildman–Crippen LogP) is 4.47. The van der Waals surface area contributed by atoms with Crippen molar-refractivity contribution in [1.29, 1.82) is 0 Å². The molecule has 6 nitrogen and oxygen atoms in total. The lowest BCUT2D eigenvalue weighted by Crippen LogP contribution is -2.29. The van der Waals surface area contributed by atoms with Crippen molar-refractivity contribution in [3.63, 3.8) is 0 Å². The van der Waals surface area contributed by atoms with E-state index < -0.39 is 17.7 Å². The molecular formula is C24H22N2O4S. The second-order valence-electron chi connectivity index (χ2n) is 7.21. The Bertz CT molecular complexity index is 1150. The molecule has 1 saturated heterocycles. The number of carbonyl (C=O) groups excluding carboxylic acids is 2. The highest BCUT2D eigenvalue weighted by molar-refractivity contribution is 7.10. The molecule has 0 radical (unpaired) electrons. The van der Waals surface area contributed by atoms with Gasteiger partial charge in [-0.05, 0) is 60.7 Å². The molecule has 1 fully saturated rings. The van der Waals surface area contributed by atoms with Gasteiger partial charge in [0, 0.05) is 29.4 Å². The molecule has 0 spiro atoms. The zero-order chi connectivity index (χ0) is 22.0. The van der Waals surface area contributed by atoms with Crippen molar-refractivity contribution in [3.05, 3.63) is 87.4 Å². The van der Waals surface area contributed by atoms with Crippen molar-refractivity contribution in [1.82, 2.24) is 9.88 Å². The highest BCUT2D eigenvalue weighted by Gasteiger charge is 2.47. The van der Waals surface area contributed by atoms with E-state index in [0.29, 0.717) is 17.9 Å². The number of hydrogen-bond donors (Lipinski definition) is 1. The van der Waals surface area contributed by atoms with Crippen molar-refractivity contribution in [2.75, 3.05) is 6.61 Å². The fourth-order valence-corrected chi connectivity index (χ4v) is 4.77. The molecular weight excluding hydrogens is 412 g/mol. The first-order valence-corrected chi connectivity index (χ1v) is 10.8. The summed E-state index contributed by atoms with van der Waals surface area (Å²) in [6.45, 7) is 4.53. The van der Waals surface area contributed by atoms with Crippen LogP contribution in [0.25, 0.3) is 5.76 Å². The molecule has 31 heavy (non-hydrogen) atoms. The number of ether oxygens (including phenoxy) is 1. The maximum Gasteiger partial charge on any atom is 0.295 e. The van der Waals surface area contributed by atoms with Crippen molar-refractivity contribution in [2.45, 2.75) is 26.4 Å². The molecule has 1 unspecified atom stereocenters. The Balaban J connectivity index is 1.84. The molecule has 7 heteroatoms. The van der Waals surface area contributed by atoms with Crippen LogP contribution in [0.1, 0.15) is 34.5 Å². The van der Waals surface area contributed by atoms with Crippen LogP contribution < -0.4 is 4.74 Å². The van der Waals surface area contributed by atoms with Crippen molar-refractivity contribution in [2.24, 2.45) is 0 Å². The van der Waals surface area contributed by atoms with Gasteiger partial charge in [0.2, 0.25) is 0 Å². The highest BCUT2D eigenvalue weighted by atomic mass is 32.1. The van der Waals surface area contributed by atoms with Gasteiger partial charge in [0.15, 0.2) is 0 Å². The second-order valence-corrected chi connectivity index (χ2v) is 8.16. The lowest BCUT2D eigenvalue weighted by atomic mass is 9.98. The SMILES string of the molecule is CCOc1cccc(/C(O)=C2/C(=O)C(=O)N(Cc3ccncc3)C2c2sccc2C)c1. The van der Waals surface area contributed by atoms with Crippen molar-refractivity contribution < 1.29 is 19.4 Å². The van der Waals surface area contributed by atoms with Gasteiger partial charge in [0.1, 0.15) is 17.6 Å². The third-order valence-corrected chi connectivity index (χ3v) is 6.28. The first kappa shape index (κ1) is 20.8. The van der Waals surface area contributed by atoms with Crippen LogP contribution in [0.15, 0.2) is 65.8 Å². The van der Waals surface area contributed by atoms with Gasteiger partial charge in [-0.1, -0.05) is 12.1 Å². The van der Waals surface area contributed by atoms with Gasteiger partial charge < -0.3 is 14.7 Å². The van der Waals surface area contributed by atoms with E-state index in [0.717, 1.165) is 16.0 Å². The number of thiophene rings is 1. The molecule has 1 aliphatic rings. The van der Waals surface area contributed by atoms with Gasteiger partial charge in [-0.25, -0.2) is 0 Å². The Morgan fingerprint density at radius 1 is 1.19 bits per heavy atom. The van der Waals surface area contributed by atoms with Crippen LogP contribution in [0.3, 0.4) is 0 Å². The Hall–Kier alpha value is -3.45. The molecule has 3 heterocycles. The van der Waals surface area contributed by atoms with Crippen molar-refractivity contribution >= 4 is 28.8 Å². The summed E-state index contributed by atoms with van der Waals surface area (Å²) in [5, 5.41) is 13.1. The van der Waals surface area contributed by atoms with Crippen LogP contribution >= 0.6 is 11.3 Å². The van der Waals surface area contributed by atoms with E-state index in [-0.39, 0.29) is 17.9 Å². The van der Waals surface area contributed by atoms with Gasteiger partial charge in [-0.3, -0.25) is 14.6 Å². The van der Waals surface area contributed by atoms with Gasteiger partial charge >= 0.3 is 0 Å². The van der Waals surface area contributed by atoms with Crippen LogP contribution in [0.4, 0.5) is 0 Å². The topological polar surface area (TPSA) is 79.7 Å². The third-order valence-electron chi connectivity index (χ3n) is 5.21. The Morgan fingerprint density at radius 2 is 1.97 bits per heavy atom. The van der Waals surface area contributed by atoms with E-state index in [1.807, 2.05) is 37.4 Å². The third kappa shape index (κ3) is 3.96. The molecule has 1 aromatic carbocycles. The number of benzene rings is 1. The molecule has 1 aliphatic heterocycles.